The van der Waals surface area contributed by atoms with Crippen molar-refractivity contribution in [3.05, 3.63) is 106 Å². The zero-order valence-electron chi connectivity index (χ0n) is 22.0. The Morgan fingerprint density at radius 3 is 2.52 bits per heavy atom. The number of fused-ring (bicyclic) bond motifs is 2. The van der Waals surface area contributed by atoms with Crippen LogP contribution < -0.4 is 0 Å². The second-order valence-electron chi connectivity index (χ2n) is 10.9. The maximum absolute atomic E-state index is 14.3. The van der Waals surface area contributed by atoms with Gasteiger partial charge in [-0.2, -0.15) is 18.3 Å². The maximum atomic E-state index is 14.3. The van der Waals surface area contributed by atoms with Gasteiger partial charge >= 0.3 is 6.18 Å². The van der Waals surface area contributed by atoms with Gasteiger partial charge in [0.1, 0.15) is 11.5 Å². The molecule has 6 rings (SSSR count). The van der Waals surface area contributed by atoms with Crippen molar-refractivity contribution in [2.24, 2.45) is 11.3 Å². The Morgan fingerprint density at radius 2 is 1.81 bits per heavy atom. The SMILES string of the molecule is O=C(c1cc(C(F)(F)F)ccn1)[C@]12Cc3cnn(-c4ccc(F)cc4)c3CC1CC[C@@H](S(=O)(=O)c1cccc(Cl)c1)C2. The van der Waals surface area contributed by atoms with Gasteiger partial charge in [0.25, 0.3) is 0 Å². The third-order valence-electron chi connectivity index (χ3n) is 8.52. The molecule has 0 N–H and O–H groups in total. The lowest BCUT2D eigenvalue weighted by Crippen LogP contribution is -2.51. The number of carbonyl (C=O) groups is 1. The average molecular weight is 618 g/mol. The molecule has 6 nitrogen and oxygen atoms in total. The molecule has 0 bridgehead atoms. The van der Waals surface area contributed by atoms with Crippen molar-refractivity contribution in [3.63, 3.8) is 0 Å². The zero-order valence-corrected chi connectivity index (χ0v) is 23.6. The molecular weight excluding hydrogens is 594 g/mol. The van der Waals surface area contributed by atoms with Crippen LogP contribution in [0, 0.1) is 17.2 Å². The molecule has 0 aliphatic heterocycles. The molecule has 42 heavy (non-hydrogen) atoms. The van der Waals surface area contributed by atoms with Crippen LogP contribution in [0.15, 0.2) is 78.0 Å². The summed E-state index contributed by atoms with van der Waals surface area (Å²) in [6.07, 6.45) is -1.24. The van der Waals surface area contributed by atoms with E-state index in [-0.39, 0.29) is 34.9 Å². The number of ketones is 1. The Morgan fingerprint density at radius 1 is 1.05 bits per heavy atom. The minimum atomic E-state index is -4.68. The third kappa shape index (κ3) is 4.92. The van der Waals surface area contributed by atoms with Crippen molar-refractivity contribution in [1.82, 2.24) is 14.8 Å². The van der Waals surface area contributed by atoms with E-state index in [9.17, 15) is 30.8 Å². The van der Waals surface area contributed by atoms with Gasteiger partial charge in [-0.3, -0.25) is 9.78 Å². The summed E-state index contributed by atoms with van der Waals surface area (Å²) in [5, 5.41) is 3.76. The van der Waals surface area contributed by atoms with Crippen LogP contribution >= 0.6 is 11.6 Å². The van der Waals surface area contributed by atoms with E-state index >= 15 is 0 Å². The van der Waals surface area contributed by atoms with E-state index in [1.165, 1.54) is 30.3 Å². The molecule has 0 spiro atoms. The first kappa shape index (κ1) is 28.5. The Hall–Kier alpha value is -3.57. The van der Waals surface area contributed by atoms with Gasteiger partial charge < -0.3 is 0 Å². The second-order valence-corrected chi connectivity index (χ2v) is 13.6. The molecule has 2 heterocycles. The first-order valence-electron chi connectivity index (χ1n) is 13.3. The number of benzene rings is 2. The smallest absolute Gasteiger partial charge is 0.292 e. The molecule has 2 aliphatic carbocycles. The summed E-state index contributed by atoms with van der Waals surface area (Å²) in [6, 6.07) is 13.2. The van der Waals surface area contributed by atoms with Gasteiger partial charge in [-0.05, 0) is 98.2 Å². The fourth-order valence-electron chi connectivity index (χ4n) is 6.45. The first-order valence-corrected chi connectivity index (χ1v) is 15.2. The summed E-state index contributed by atoms with van der Waals surface area (Å²) >= 11 is 6.08. The summed E-state index contributed by atoms with van der Waals surface area (Å²) in [7, 11) is -3.93. The summed E-state index contributed by atoms with van der Waals surface area (Å²) in [6.45, 7) is 0. The first-order chi connectivity index (χ1) is 19.9. The lowest BCUT2D eigenvalue weighted by molar-refractivity contribution is -0.137. The quantitative estimate of drug-likeness (QED) is 0.184. The number of nitrogens with zero attached hydrogens (tertiary/aromatic N) is 3. The molecule has 2 aliphatic rings. The minimum absolute atomic E-state index is 0.0267. The zero-order chi connectivity index (χ0) is 29.9. The topological polar surface area (TPSA) is 81.9 Å². The molecule has 1 saturated carbocycles. The molecule has 1 unspecified atom stereocenters. The fraction of sp³-hybridized carbons (Fsp3) is 0.300. The monoisotopic (exact) mass is 617 g/mol. The molecule has 2 aromatic carbocycles. The predicted molar refractivity (Wildman–Crippen MR) is 147 cm³/mol. The highest BCUT2D eigenvalue weighted by Gasteiger charge is 2.55. The van der Waals surface area contributed by atoms with Crippen LogP contribution in [0.4, 0.5) is 17.6 Å². The Kier molecular flexibility index (Phi) is 7.00. The molecule has 12 heteroatoms. The molecular formula is C30H24ClF4N3O3S. The Balaban J connectivity index is 1.45. The number of alkyl halides is 3. The molecule has 3 atom stereocenters. The molecule has 218 valence electrons. The number of Topliss-reactive ketones (excluding diaryl/α,β-unsaturated/α-hetero) is 1. The number of sulfone groups is 1. The fourth-order valence-corrected chi connectivity index (χ4v) is 8.61. The Labute approximate surface area is 244 Å². The summed E-state index contributed by atoms with van der Waals surface area (Å²) in [4.78, 5) is 18.3. The summed E-state index contributed by atoms with van der Waals surface area (Å²) in [5.74, 6) is -1.42. The summed E-state index contributed by atoms with van der Waals surface area (Å²) in [5.41, 5.74) is -0.610. The predicted octanol–water partition coefficient (Wildman–Crippen LogP) is 6.69. The van der Waals surface area contributed by atoms with Gasteiger partial charge in [0.05, 0.1) is 27.6 Å². The number of pyridine rings is 1. The van der Waals surface area contributed by atoms with E-state index in [1.54, 1.807) is 29.1 Å². The van der Waals surface area contributed by atoms with E-state index in [0.29, 0.717) is 24.1 Å². The van der Waals surface area contributed by atoms with Crippen LogP contribution in [0.2, 0.25) is 5.02 Å². The normalized spacial score (nSPS) is 22.3. The van der Waals surface area contributed by atoms with E-state index in [0.717, 1.165) is 24.0 Å². The number of hydrogen-bond donors (Lipinski definition) is 0. The number of hydrogen-bond acceptors (Lipinski definition) is 5. The highest BCUT2D eigenvalue weighted by Crippen LogP contribution is 2.53. The van der Waals surface area contributed by atoms with Crippen molar-refractivity contribution < 1.29 is 30.8 Å². The summed E-state index contributed by atoms with van der Waals surface area (Å²) < 4.78 is 83.5. The molecule has 0 amide bonds. The van der Waals surface area contributed by atoms with E-state index in [4.69, 9.17) is 11.6 Å². The van der Waals surface area contributed by atoms with E-state index in [2.05, 4.69) is 10.1 Å². The van der Waals surface area contributed by atoms with Crippen LogP contribution in [0.5, 0.6) is 0 Å². The van der Waals surface area contributed by atoms with Crippen molar-refractivity contribution >= 4 is 27.2 Å². The third-order valence-corrected chi connectivity index (χ3v) is 10.9. The van der Waals surface area contributed by atoms with Crippen molar-refractivity contribution in [2.75, 3.05) is 0 Å². The van der Waals surface area contributed by atoms with Crippen molar-refractivity contribution in [3.8, 4) is 5.69 Å². The maximum Gasteiger partial charge on any atom is 0.416 e. The average Bonchev–Trinajstić information content (AvgIpc) is 3.37. The van der Waals surface area contributed by atoms with Gasteiger partial charge in [0.15, 0.2) is 15.6 Å². The number of rotatable bonds is 5. The highest BCUT2D eigenvalue weighted by molar-refractivity contribution is 7.92. The van der Waals surface area contributed by atoms with Gasteiger partial charge in [0.2, 0.25) is 0 Å². The van der Waals surface area contributed by atoms with Gasteiger partial charge in [0, 0.05) is 22.3 Å². The minimum Gasteiger partial charge on any atom is -0.292 e. The number of aromatic nitrogens is 3. The van der Waals surface area contributed by atoms with Crippen LogP contribution in [0.25, 0.3) is 5.69 Å². The van der Waals surface area contributed by atoms with Crippen LogP contribution in [-0.2, 0) is 28.9 Å². The van der Waals surface area contributed by atoms with Crippen molar-refractivity contribution in [2.45, 2.75) is 48.4 Å². The molecule has 0 saturated heterocycles. The molecule has 4 aromatic rings. The van der Waals surface area contributed by atoms with Crippen LogP contribution in [0.3, 0.4) is 0 Å². The van der Waals surface area contributed by atoms with E-state index in [1.807, 2.05) is 0 Å². The second kappa shape index (κ2) is 10.3. The Bertz CT molecular complexity index is 1790. The van der Waals surface area contributed by atoms with Crippen molar-refractivity contribution in [1.29, 1.82) is 0 Å². The van der Waals surface area contributed by atoms with Gasteiger partial charge in [-0.25, -0.2) is 17.5 Å². The molecule has 0 radical (unpaired) electrons. The largest absolute Gasteiger partial charge is 0.416 e. The molecule has 2 aromatic heterocycles. The number of halogens is 5. The lowest BCUT2D eigenvalue weighted by Gasteiger charge is -2.48. The van der Waals surface area contributed by atoms with Gasteiger partial charge in [-0.15, -0.1) is 0 Å². The number of carbonyl (C=O) groups excluding carboxylic acids is 1. The standard InChI is InChI=1S/C30H24ClF4N3O3S/c31-21-2-1-3-24(14-21)42(40,41)25-9-4-19-13-27-18(17-37-38(27)23-7-5-22(32)6-8-23)15-29(19,16-25)28(39)26-12-20(10-11-36-26)30(33,34)35/h1-3,5-8,10-12,14,17,19,25H,4,9,13,15-16H2/t19?,25-,29+/m1/s1. The highest BCUT2D eigenvalue weighted by atomic mass is 35.5. The van der Waals surface area contributed by atoms with Gasteiger partial charge in [-0.1, -0.05) is 17.7 Å². The lowest BCUT2D eigenvalue weighted by atomic mass is 9.56. The van der Waals surface area contributed by atoms with Crippen LogP contribution in [-0.4, -0.2) is 34.2 Å². The molecule has 1 fully saturated rings. The van der Waals surface area contributed by atoms with Crippen LogP contribution in [0.1, 0.15) is 46.6 Å². The van der Waals surface area contributed by atoms with E-state index < -0.39 is 49.8 Å².